The number of aliphatic hydroxyl groups is 1. The molecule has 1 rings (SSSR count). The van der Waals surface area contributed by atoms with Crippen molar-refractivity contribution in [1.82, 2.24) is 10.2 Å². The molecular formula is C11H22N2O3. The first-order valence-corrected chi connectivity index (χ1v) is 5.94. The fraction of sp³-hybridized carbons (Fsp3) is 0.909. The minimum atomic E-state index is -0.776. The third-order valence-electron chi connectivity index (χ3n) is 3.18. The van der Waals surface area contributed by atoms with Crippen LogP contribution >= 0.6 is 0 Å². The predicted molar refractivity (Wildman–Crippen MR) is 61.3 cm³/mol. The van der Waals surface area contributed by atoms with Crippen LogP contribution in [0.3, 0.4) is 0 Å². The monoisotopic (exact) mass is 230 g/mol. The first-order valence-electron chi connectivity index (χ1n) is 5.94. The Kier molecular flexibility index (Phi) is 5.02. The van der Waals surface area contributed by atoms with E-state index in [1.807, 2.05) is 13.8 Å². The van der Waals surface area contributed by atoms with Gasteiger partial charge < -0.3 is 20.1 Å². The molecule has 1 aliphatic heterocycles. The van der Waals surface area contributed by atoms with Crippen LogP contribution in [0.25, 0.3) is 0 Å². The number of morpholine rings is 1. The number of carbonyl (C=O) groups excluding carboxylic acids is 1. The van der Waals surface area contributed by atoms with E-state index in [0.717, 1.165) is 0 Å². The molecule has 0 spiro atoms. The number of urea groups is 1. The van der Waals surface area contributed by atoms with Gasteiger partial charge in [-0.25, -0.2) is 4.79 Å². The summed E-state index contributed by atoms with van der Waals surface area (Å²) in [4.78, 5) is 13.4. The Morgan fingerprint density at radius 3 is 2.44 bits per heavy atom. The van der Waals surface area contributed by atoms with Crippen molar-refractivity contribution in [3.63, 3.8) is 0 Å². The molecule has 94 valence electrons. The molecule has 1 saturated heterocycles. The van der Waals surface area contributed by atoms with Gasteiger partial charge in [-0.1, -0.05) is 13.8 Å². The zero-order valence-corrected chi connectivity index (χ0v) is 10.2. The van der Waals surface area contributed by atoms with E-state index in [2.05, 4.69) is 5.32 Å². The molecule has 1 heterocycles. The molecule has 5 heteroatoms. The Bertz CT molecular complexity index is 223. The van der Waals surface area contributed by atoms with Crippen molar-refractivity contribution >= 4 is 6.03 Å². The Labute approximate surface area is 96.8 Å². The molecule has 0 unspecified atom stereocenters. The van der Waals surface area contributed by atoms with Crippen molar-refractivity contribution in [3.8, 4) is 0 Å². The van der Waals surface area contributed by atoms with Crippen molar-refractivity contribution in [2.45, 2.75) is 32.3 Å². The van der Waals surface area contributed by atoms with Gasteiger partial charge >= 0.3 is 6.03 Å². The molecule has 0 aromatic carbocycles. The molecule has 0 aromatic heterocycles. The summed E-state index contributed by atoms with van der Waals surface area (Å²) in [5, 5.41) is 12.8. The maximum absolute atomic E-state index is 11.7. The van der Waals surface area contributed by atoms with Gasteiger partial charge in [-0.15, -0.1) is 0 Å². The summed E-state index contributed by atoms with van der Waals surface area (Å²) >= 11 is 0. The second kappa shape index (κ2) is 6.06. The van der Waals surface area contributed by atoms with Gasteiger partial charge in [0.2, 0.25) is 0 Å². The molecule has 16 heavy (non-hydrogen) atoms. The topological polar surface area (TPSA) is 61.8 Å². The van der Waals surface area contributed by atoms with Crippen LogP contribution in [0.4, 0.5) is 4.79 Å². The predicted octanol–water partition coefficient (Wildman–Crippen LogP) is 0.579. The molecule has 2 N–H and O–H groups in total. The first-order chi connectivity index (χ1) is 7.61. The van der Waals surface area contributed by atoms with Crippen LogP contribution in [0, 0.1) is 0 Å². The van der Waals surface area contributed by atoms with Crippen LogP contribution in [0.1, 0.15) is 26.7 Å². The van der Waals surface area contributed by atoms with Gasteiger partial charge in [-0.3, -0.25) is 0 Å². The van der Waals surface area contributed by atoms with E-state index in [0.29, 0.717) is 45.7 Å². The lowest BCUT2D eigenvalue weighted by atomic mass is 9.98. The number of nitrogens with one attached hydrogen (secondary N) is 1. The number of ether oxygens (including phenoxy) is 1. The fourth-order valence-corrected chi connectivity index (χ4v) is 1.62. The maximum atomic E-state index is 11.7. The Morgan fingerprint density at radius 2 is 1.94 bits per heavy atom. The third kappa shape index (κ3) is 3.64. The molecule has 0 radical (unpaired) electrons. The van der Waals surface area contributed by atoms with Crippen LogP contribution in [0.2, 0.25) is 0 Å². The third-order valence-corrected chi connectivity index (χ3v) is 3.18. The molecule has 0 aromatic rings. The largest absolute Gasteiger partial charge is 0.388 e. The number of rotatable bonds is 4. The molecule has 0 saturated carbocycles. The molecule has 1 fully saturated rings. The van der Waals surface area contributed by atoms with Gasteiger partial charge in [0.05, 0.1) is 18.8 Å². The van der Waals surface area contributed by atoms with Gasteiger partial charge in [0.15, 0.2) is 0 Å². The maximum Gasteiger partial charge on any atom is 0.317 e. The zero-order chi connectivity index (χ0) is 12.0. The molecule has 5 nitrogen and oxygen atoms in total. The summed E-state index contributed by atoms with van der Waals surface area (Å²) in [6, 6.07) is -0.108. The summed E-state index contributed by atoms with van der Waals surface area (Å²) < 4.78 is 5.17. The minimum absolute atomic E-state index is 0.108. The normalized spacial score (nSPS) is 17.3. The summed E-state index contributed by atoms with van der Waals surface area (Å²) in [7, 11) is 0. The highest BCUT2D eigenvalue weighted by Gasteiger charge is 2.24. The van der Waals surface area contributed by atoms with E-state index in [-0.39, 0.29) is 6.03 Å². The Hall–Kier alpha value is -0.810. The second-order valence-corrected chi connectivity index (χ2v) is 4.19. The Balaban J connectivity index is 2.33. The van der Waals surface area contributed by atoms with Crippen molar-refractivity contribution < 1.29 is 14.6 Å². The standard InChI is InChI=1S/C11H22N2O3/c1-3-11(15,4-2)9-12-10(14)13-5-7-16-8-6-13/h15H,3-9H2,1-2H3,(H,12,14). The second-order valence-electron chi connectivity index (χ2n) is 4.19. The van der Waals surface area contributed by atoms with Crippen molar-refractivity contribution in [1.29, 1.82) is 0 Å². The van der Waals surface area contributed by atoms with E-state index in [1.54, 1.807) is 4.90 Å². The fourth-order valence-electron chi connectivity index (χ4n) is 1.62. The number of hydrogen-bond donors (Lipinski definition) is 2. The summed E-state index contributed by atoms with van der Waals surface area (Å²) in [5.41, 5.74) is -0.776. The average molecular weight is 230 g/mol. The van der Waals surface area contributed by atoms with E-state index in [1.165, 1.54) is 0 Å². The molecule has 0 atom stereocenters. The first kappa shape index (κ1) is 13.3. The van der Waals surface area contributed by atoms with Crippen molar-refractivity contribution in [3.05, 3.63) is 0 Å². The van der Waals surface area contributed by atoms with Gasteiger partial charge in [-0.05, 0) is 12.8 Å². The minimum Gasteiger partial charge on any atom is -0.388 e. The summed E-state index contributed by atoms with van der Waals surface area (Å²) in [6.07, 6.45) is 1.29. The van der Waals surface area contributed by atoms with Crippen LogP contribution in [-0.2, 0) is 4.74 Å². The number of amides is 2. The van der Waals surface area contributed by atoms with Gasteiger partial charge in [0.25, 0.3) is 0 Å². The Morgan fingerprint density at radius 1 is 1.38 bits per heavy atom. The van der Waals surface area contributed by atoms with Gasteiger partial charge in [0, 0.05) is 19.6 Å². The number of nitrogens with zero attached hydrogens (tertiary/aromatic N) is 1. The number of hydrogen-bond acceptors (Lipinski definition) is 3. The van der Waals surface area contributed by atoms with Crippen LogP contribution in [-0.4, -0.2) is 54.5 Å². The SMILES string of the molecule is CCC(O)(CC)CNC(=O)N1CCOCC1. The van der Waals surface area contributed by atoms with Crippen LogP contribution in [0.15, 0.2) is 0 Å². The van der Waals surface area contributed by atoms with Crippen LogP contribution in [0.5, 0.6) is 0 Å². The smallest absolute Gasteiger partial charge is 0.317 e. The highest BCUT2D eigenvalue weighted by molar-refractivity contribution is 5.74. The highest BCUT2D eigenvalue weighted by atomic mass is 16.5. The molecule has 0 aliphatic carbocycles. The van der Waals surface area contributed by atoms with Gasteiger partial charge in [-0.2, -0.15) is 0 Å². The van der Waals surface area contributed by atoms with E-state index < -0.39 is 5.60 Å². The molecule has 1 aliphatic rings. The molecule has 0 bridgehead atoms. The van der Waals surface area contributed by atoms with Crippen molar-refractivity contribution in [2.24, 2.45) is 0 Å². The van der Waals surface area contributed by atoms with E-state index in [9.17, 15) is 9.90 Å². The zero-order valence-electron chi connectivity index (χ0n) is 10.2. The summed E-state index contributed by atoms with van der Waals surface area (Å²) in [5.74, 6) is 0. The highest BCUT2D eigenvalue weighted by Crippen LogP contribution is 2.13. The van der Waals surface area contributed by atoms with E-state index >= 15 is 0 Å². The van der Waals surface area contributed by atoms with Crippen LogP contribution < -0.4 is 5.32 Å². The lowest BCUT2D eigenvalue weighted by Gasteiger charge is -2.30. The van der Waals surface area contributed by atoms with E-state index in [4.69, 9.17) is 4.74 Å². The molecular weight excluding hydrogens is 208 g/mol. The number of carbonyl (C=O) groups is 1. The average Bonchev–Trinajstić information content (AvgIpc) is 2.36. The van der Waals surface area contributed by atoms with Gasteiger partial charge in [0.1, 0.15) is 0 Å². The lowest BCUT2D eigenvalue weighted by molar-refractivity contribution is 0.0282. The summed E-state index contributed by atoms with van der Waals surface area (Å²) in [6.45, 7) is 6.61. The van der Waals surface area contributed by atoms with Crippen molar-refractivity contribution in [2.75, 3.05) is 32.8 Å². The quantitative estimate of drug-likeness (QED) is 0.742. The lowest BCUT2D eigenvalue weighted by Crippen LogP contribution is -2.50. The molecule has 2 amide bonds.